The van der Waals surface area contributed by atoms with Gasteiger partial charge in [0.1, 0.15) is 17.3 Å². The molecule has 0 aliphatic rings. The van der Waals surface area contributed by atoms with Crippen LogP contribution >= 0.6 is 0 Å². The van der Waals surface area contributed by atoms with Crippen LogP contribution in [0.5, 0.6) is 0 Å². The number of nitriles is 1. The van der Waals surface area contributed by atoms with Gasteiger partial charge in [0, 0.05) is 5.41 Å². The second kappa shape index (κ2) is 3.95. The lowest BCUT2D eigenvalue weighted by molar-refractivity contribution is -0.142. The van der Waals surface area contributed by atoms with Crippen LogP contribution in [-0.2, 0) is 11.6 Å². The summed E-state index contributed by atoms with van der Waals surface area (Å²) in [6, 6.07) is 2.77. The molecule has 0 aromatic carbocycles. The van der Waals surface area contributed by atoms with E-state index in [4.69, 9.17) is 5.26 Å². The van der Waals surface area contributed by atoms with E-state index in [1.807, 2.05) is 0 Å². The summed E-state index contributed by atoms with van der Waals surface area (Å²) in [5.41, 5.74) is -1.26. The molecular weight excluding hydrogens is 257 g/mol. The van der Waals surface area contributed by atoms with Gasteiger partial charge < -0.3 is 0 Å². The second-order valence-corrected chi connectivity index (χ2v) is 5.18. The molecule has 4 nitrogen and oxygen atoms in total. The summed E-state index contributed by atoms with van der Waals surface area (Å²) < 4.78 is 39.7. The molecule has 0 saturated heterocycles. The van der Waals surface area contributed by atoms with Crippen LogP contribution < -0.4 is 0 Å². The Hall–Kier alpha value is -2.10. The molecule has 7 heteroatoms. The van der Waals surface area contributed by atoms with Crippen molar-refractivity contribution in [1.82, 2.24) is 14.6 Å². The first-order valence-corrected chi connectivity index (χ1v) is 5.51. The van der Waals surface area contributed by atoms with Gasteiger partial charge in [0.05, 0.1) is 11.9 Å². The number of hydrogen-bond donors (Lipinski definition) is 0. The Morgan fingerprint density at radius 3 is 2.37 bits per heavy atom. The summed E-state index contributed by atoms with van der Waals surface area (Å²) in [4.78, 5) is 4.13. The lowest BCUT2D eigenvalue weighted by atomic mass is 9.91. The molecule has 2 heterocycles. The van der Waals surface area contributed by atoms with E-state index in [1.165, 1.54) is 0 Å². The molecule has 0 fully saturated rings. The lowest BCUT2D eigenvalue weighted by Gasteiger charge is -2.20. The summed E-state index contributed by atoms with van der Waals surface area (Å²) in [7, 11) is 0. The number of rotatable bonds is 0. The molecule has 0 saturated carbocycles. The largest absolute Gasteiger partial charge is 0.433 e. The Labute approximate surface area is 107 Å². The van der Waals surface area contributed by atoms with Gasteiger partial charge in [-0.2, -0.15) is 23.5 Å². The molecule has 0 radical (unpaired) electrons. The number of alkyl halides is 3. The Bertz CT molecular complexity index is 671. The Balaban J connectivity index is 2.88. The molecule has 0 atom stereocenters. The maximum Gasteiger partial charge on any atom is 0.433 e. The van der Waals surface area contributed by atoms with Crippen molar-refractivity contribution in [3.63, 3.8) is 0 Å². The van der Waals surface area contributed by atoms with Crippen LogP contribution in [0.4, 0.5) is 13.2 Å². The van der Waals surface area contributed by atoms with Crippen LogP contribution in [0.15, 0.2) is 12.3 Å². The highest BCUT2D eigenvalue weighted by molar-refractivity contribution is 5.55. The summed E-state index contributed by atoms with van der Waals surface area (Å²) in [5.74, 6) is 0. The van der Waals surface area contributed by atoms with Crippen molar-refractivity contribution in [1.29, 1.82) is 5.26 Å². The quantitative estimate of drug-likeness (QED) is 0.738. The topological polar surface area (TPSA) is 54.0 Å². The minimum Gasteiger partial charge on any atom is -0.232 e. The van der Waals surface area contributed by atoms with E-state index < -0.39 is 17.3 Å². The third-order valence-corrected chi connectivity index (χ3v) is 2.65. The molecule has 0 aliphatic carbocycles. The van der Waals surface area contributed by atoms with Crippen LogP contribution in [0.1, 0.15) is 37.7 Å². The van der Waals surface area contributed by atoms with Crippen LogP contribution in [0.25, 0.3) is 5.65 Å². The normalized spacial score (nSPS) is 12.7. The molecule has 0 spiro atoms. The molecule has 100 valence electrons. The van der Waals surface area contributed by atoms with Crippen molar-refractivity contribution < 1.29 is 13.2 Å². The number of nitrogens with zero attached hydrogens (tertiary/aromatic N) is 4. The predicted molar refractivity (Wildman–Crippen MR) is 61.4 cm³/mol. The molecule has 0 bridgehead atoms. The fourth-order valence-electron chi connectivity index (χ4n) is 1.63. The van der Waals surface area contributed by atoms with Crippen molar-refractivity contribution in [3.05, 3.63) is 29.2 Å². The number of halogens is 3. The van der Waals surface area contributed by atoms with E-state index in [2.05, 4.69) is 10.1 Å². The standard InChI is InChI=1S/C12H11F3N4/c1-11(2,3)8-4-9(12(13,14)15)19-10(18-8)7(5-16)6-17-19/h4,6H,1-3H3. The summed E-state index contributed by atoms with van der Waals surface area (Å²) >= 11 is 0. The van der Waals surface area contributed by atoms with Crippen molar-refractivity contribution in [2.24, 2.45) is 0 Å². The van der Waals surface area contributed by atoms with Gasteiger partial charge in [0.15, 0.2) is 5.65 Å². The SMILES string of the molecule is CC(C)(C)c1cc(C(F)(F)F)n2ncc(C#N)c2n1. The van der Waals surface area contributed by atoms with E-state index in [0.29, 0.717) is 4.52 Å². The first-order chi connectivity index (χ1) is 8.64. The maximum absolute atomic E-state index is 13.0. The van der Waals surface area contributed by atoms with Crippen LogP contribution in [0.3, 0.4) is 0 Å². The van der Waals surface area contributed by atoms with Gasteiger partial charge in [-0.1, -0.05) is 20.8 Å². The van der Waals surface area contributed by atoms with E-state index in [-0.39, 0.29) is 16.9 Å². The third-order valence-electron chi connectivity index (χ3n) is 2.65. The number of aromatic nitrogens is 3. The van der Waals surface area contributed by atoms with Crippen molar-refractivity contribution >= 4 is 5.65 Å². The average molecular weight is 268 g/mol. The zero-order valence-corrected chi connectivity index (χ0v) is 10.6. The molecule has 0 aliphatic heterocycles. The minimum absolute atomic E-state index is 0.0246. The van der Waals surface area contributed by atoms with Gasteiger partial charge in [-0.15, -0.1) is 0 Å². The highest BCUT2D eigenvalue weighted by atomic mass is 19.4. The van der Waals surface area contributed by atoms with Crippen molar-refractivity contribution in [3.8, 4) is 6.07 Å². The fraction of sp³-hybridized carbons (Fsp3) is 0.417. The zero-order valence-electron chi connectivity index (χ0n) is 10.6. The molecule has 19 heavy (non-hydrogen) atoms. The maximum atomic E-state index is 13.0. The molecule has 2 rings (SSSR count). The number of fused-ring (bicyclic) bond motifs is 1. The monoisotopic (exact) mass is 268 g/mol. The van der Waals surface area contributed by atoms with Crippen LogP contribution in [-0.4, -0.2) is 14.6 Å². The second-order valence-electron chi connectivity index (χ2n) is 5.18. The summed E-state index contributed by atoms with van der Waals surface area (Å²) in [5, 5.41) is 12.5. The molecule has 0 unspecified atom stereocenters. The smallest absolute Gasteiger partial charge is 0.232 e. The Morgan fingerprint density at radius 1 is 1.26 bits per heavy atom. The summed E-state index contributed by atoms with van der Waals surface area (Å²) in [6.07, 6.45) is -3.47. The van der Waals surface area contributed by atoms with E-state index in [0.717, 1.165) is 12.3 Å². The lowest BCUT2D eigenvalue weighted by Crippen LogP contribution is -2.20. The molecule has 0 amide bonds. The van der Waals surface area contributed by atoms with Gasteiger partial charge >= 0.3 is 6.18 Å². The van der Waals surface area contributed by atoms with Gasteiger partial charge in [-0.3, -0.25) is 0 Å². The van der Waals surface area contributed by atoms with Crippen molar-refractivity contribution in [2.45, 2.75) is 32.4 Å². The van der Waals surface area contributed by atoms with E-state index in [9.17, 15) is 13.2 Å². The fourth-order valence-corrected chi connectivity index (χ4v) is 1.63. The minimum atomic E-state index is -4.56. The number of hydrogen-bond acceptors (Lipinski definition) is 3. The highest BCUT2D eigenvalue weighted by Crippen LogP contribution is 2.32. The van der Waals surface area contributed by atoms with Gasteiger partial charge in [-0.05, 0) is 6.07 Å². The Kier molecular flexibility index (Phi) is 2.77. The van der Waals surface area contributed by atoms with Gasteiger partial charge in [-0.25, -0.2) is 9.50 Å². The van der Waals surface area contributed by atoms with Gasteiger partial charge in [0.2, 0.25) is 0 Å². The molecule has 0 N–H and O–H groups in total. The van der Waals surface area contributed by atoms with Crippen LogP contribution in [0.2, 0.25) is 0 Å². The first kappa shape index (κ1) is 13.3. The van der Waals surface area contributed by atoms with Gasteiger partial charge in [0.25, 0.3) is 0 Å². The van der Waals surface area contributed by atoms with Crippen molar-refractivity contribution in [2.75, 3.05) is 0 Å². The highest BCUT2D eigenvalue weighted by Gasteiger charge is 2.36. The molecular formula is C12H11F3N4. The predicted octanol–water partition coefficient (Wildman–Crippen LogP) is 2.92. The molecule has 2 aromatic heterocycles. The van der Waals surface area contributed by atoms with E-state index >= 15 is 0 Å². The van der Waals surface area contributed by atoms with Crippen LogP contribution in [0, 0.1) is 11.3 Å². The van der Waals surface area contributed by atoms with E-state index in [1.54, 1.807) is 26.8 Å². The first-order valence-electron chi connectivity index (χ1n) is 5.51. The summed E-state index contributed by atoms with van der Waals surface area (Å²) in [6.45, 7) is 5.28. The Morgan fingerprint density at radius 2 is 1.89 bits per heavy atom. The zero-order chi connectivity index (χ0) is 14.4. The average Bonchev–Trinajstić information content (AvgIpc) is 2.67. The third kappa shape index (κ3) is 2.26. The molecule has 2 aromatic rings.